The maximum absolute atomic E-state index is 12.1. The first-order valence-electron chi connectivity index (χ1n) is 7.75. The highest BCUT2D eigenvalue weighted by atomic mass is 35.5. The Labute approximate surface area is 155 Å². The number of anilines is 1. The maximum atomic E-state index is 12.1. The fourth-order valence-corrected chi connectivity index (χ4v) is 2.49. The standard InChI is InChI=1S/C16H24N4O2.2ClH/c17-8-4-7-15(21)18-13-16(22)20-11-9-19(10-12-20)14-5-2-1-3-6-14;;/h1-3,5-6H,4,7-13,17H2,(H,18,21);2*1H. The number of piperazine rings is 1. The van der Waals surface area contributed by atoms with Gasteiger partial charge in [0.15, 0.2) is 0 Å². The lowest BCUT2D eigenvalue weighted by molar-refractivity contribution is -0.133. The third-order valence-corrected chi connectivity index (χ3v) is 3.80. The summed E-state index contributed by atoms with van der Waals surface area (Å²) in [6.07, 6.45) is 1.03. The van der Waals surface area contributed by atoms with Gasteiger partial charge in [0.05, 0.1) is 6.54 Å². The van der Waals surface area contributed by atoms with Crippen molar-refractivity contribution in [3.8, 4) is 0 Å². The molecule has 1 aromatic rings. The van der Waals surface area contributed by atoms with E-state index in [4.69, 9.17) is 5.73 Å². The Kier molecular flexibility index (Phi) is 11.2. The number of hydrogen-bond donors (Lipinski definition) is 2. The Morgan fingerprint density at radius 2 is 1.67 bits per heavy atom. The van der Waals surface area contributed by atoms with E-state index in [9.17, 15) is 9.59 Å². The molecule has 0 spiro atoms. The summed E-state index contributed by atoms with van der Waals surface area (Å²) in [7, 11) is 0. The van der Waals surface area contributed by atoms with Crippen LogP contribution in [-0.4, -0.2) is 56.0 Å². The van der Waals surface area contributed by atoms with E-state index in [2.05, 4.69) is 22.3 Å². The largest absolute Gasteiger partial charge is 0.368 e. The van der Waals surface area contributed by atoms with Crippen molar-refractivity contribution in [3.63, 3.8) is 0 Å². The van der Waals surface area contributed by atoms with Crippen LogP contribution in [0.1, 0.15) is 12.8 Å². The summed E-state index contributed by atoms with van der Waals surface area (Å²) in [5.41, 5.74) is 6.54. The van der Waals surface area contributed by atoms with Crippen LogP contribution in [0.2, 0.25) is 0 Å². The Hall–Kier alpha value is -1.50. The molecule has 1 aliphatic heterocycles. The van der Waals surface area contributed by atoms with Gasteiger partial charge in [-0.15, -0.1) is 24.8 Å². The van der Waals surface area contributed by atoms with Crippen molar-refractivity contribution in [2.45, 2.75) is 12.8 Å². The average Bonchev–Trinajstić information content (AvgIpc) is 2.58. The van der Waals surface area contributed by atoms with Gasteiger partial charge in [0, 0.05) is 38.3 Å². The van der Waals surface area contributed by atoms with Gasteiger partial charge in [-0.3, -0.25) is 9.59 Å². The van der Waals surface area contributed by atoms with E-state index in [1.165, 1.54) is 5.69 Å². The third-order valence-electron chi connectivity index (χ3n) is 3.80. The van der Waals surface area contributed by atoms with Crippen molar-refractivity contribution in [3.05, 3.63) is 30.3 Å². The van der Waals surface area contributed by atoms with Crippen molar-refractivity contribution >= 4 is 42.3 Å². The van der Waals surface area contributed by atoms with Gasteiger partial charge in [-0.05, 0) is 25.1 Å². The summed E-state index contributed by atoms with van der Waals surface area (Å²) < 4.78 is 0. The zero-order chi connectivity index (χ0) is 15.8. The number of hydrogen-bond acceptors (Lipinski definition) is 4. The summed E-state index contributed by atoms with van der Waals surface area (Å²) in [4.78, 5) is 27.6. The van der Waals surface area contributed by atoms with Crippen LogP contribution in [0.15, 0.2) is 30.3 Å². The number of para-hydroxylation sites is 1. The highest BCUT2D eigenvalue weighted by Gasteiger charge is 2.21. The second kappa shape index (κ2) is 11.9. The average molecular weight is 377 g/mol. The molecule has 1 aromatic carbocycles. The number of carbonyl (C=O) groups is 2. The molecule has 0 aromatic heterocycles. The number of halogens is 2. The van der Waals surface area contributed by atoms with E-state index in [1.54, 1.807) is 0 Å². The van der Waals surface area contributed by atoms with Crippen LogP contribution < -0.4 is 16.0 Å². The third kappa shape index (κ3) is 6.95. The highest BCUT2D eigenvalue weighted by Crippen LogP contribution is 2.15. The molecule has 24 heavy (non-hydrogen) atoms. The van der Waals surface area contributed by atoms with Crippen molar-refractivity contribution in [2.24, 2.45) is 5.73 Å². The Morgan fingerprint density at radius 1 is 1.04 bits per heavy atom. The minimum atomic E-state index is -0.110. The smallest absolute Gasteiger partial charge is 0.242 e. The van der Waals surface area contributed by atoms with Crippen LogP contribution in [0.5, 0.6) is 0 Å². The molecule has 1 fully saturated rings. The van der Waals surface area contributed by atoms with Gasteiger partial charge in [0.2, 0.25) is 11.8 Å². The number of carbonyl (C=O) groups excluding carboxylic acids is 2. The van der Waals surface area contributed by atoms with Crippen LogP contribution in [0.4, 0.5) is 5.69 Å². The molecule has 8 heteroatoms. The van der Waals surface area contributed by atoms with Crippen LogP contribution in [0, 0.1) is 0 Å². The molecule has 2 rings (SSSR count). The molecule has 0 unspecified atom stereocenters. The van der Waals surface area contributed by atoms with Gasteiger partial charge < -0.3 is 20.9 Å². The maximum Gasteiger partial charge on any atom is 0.242 e. The van der Waals surface area contributed by atoms with E-state index in [0.717, 1.165) is 13.1 Å². The SMILES string of the molecule is Cl.Cl.NCCCC(=O)NCC(=O)N1CCN(c2ccccc2)CC1. The first kappa shape index (κ1) is 22.5. The lowest BCUT2D eigenvalue weighted by Crippen LogP contribution is -2.51. The second-order valence-electron chi connectivity index (χ2n) is 5.37. The zero-order valence-electron chi connectivity index (χ0n) is 13.6. The topological polar surface area (TPSA) is 78.7 Å². The van der Waals surface area contributed by atoms with E-state index >= 15 is 0 Å². The number of amides is 2. The highest BCUT2D eigenvalue weighted by molar-refractivity contribution is 5.86. The van der Waals surface area contributed by atoms with Gasteiger partial charge in [-0.2, -0.15) is 0 Å². The summed E-state index contributed by atoms with van der Waals surface area (Å²) in [6, 6.07) is 10.2. The minimum absolute atomic E-state index is 0. The van der Waals surface area contributed by atoms with E-state index in [1.807, 2.05) is 23.1 Å². The molecule has 6 nitrogen and oxygen atoms in total. The van der Waals surface area contributed by atoms with Gasteiger partial charge in [-0.1, -0.05) is 18.2 Å². The van der Waals surface area contributed by atoms with E-state index in [-0.39, 0.29) is 43.2 Å². The number of rotatable bonds is 6. The zero-order valence-corrected chi connectivity index (χ0v) is 15.3. The number of nitrogens with one attached hydrogen (secondary N) is 1. The van der Waals surface area contributed by atoms with Gasteiger partial charge in [-0.25, -0.2) is 0 Å². The van der Waals surface area contributed by atoms with Crippen molar-refractivity contribution in [1.82, 2.24) is 10.2 Å². The summed E-state index contributed by atoms with van der Waals surface area (Å²) in [5.74, 6) is -0.129. The quantitative estimate of drug-likeness (QED) is 0.777. The van der Waals surface area contributed by atoms with Gasteiger partial charge >= 0.3 is 0 Å². The minimum Gasteiger partial charge on any atom is -0.368 e. The van der Waals surface area contributed by atoms with Gasteiger partial charge in [0.1, 0.15) is 0 Å². The molecule has 0 bridgehead atoms. The van der Waals surface area contributed by atoms with E-state index in [0.29, 0.717) is 32.5 Å². The summed E-state index contributed by atoms with van der Waals surface area (Å²) in [6.45, 7) is 3.57. The van der Waals surface area contributed by atoms with Crippen molar-refractivity contribution in [1.29, 1.82) is 0 Å². The van der Waals surface area contributed by atoms with Crippen LogP contribution in [-0.2, 0) is 9.59 Å². The lowest BCUT2D eigenvalue weighted by Gasteiger charge is -2.36. The molecular formula is C16H26Cl2N4O2. The predicted molar refractivity (Wildman–Crippen MR) is 101 cm³/mol. The van der Waals surface area contributed by atoms with Crippen LogP contribution in [0.25, 0.3) is 0 Å². The Morgan fingerprint density at radius 3 is 2.25 bits per heavy atom. The summed E-state index contributed by atoms with van der Waals surface area (Å²) in [5, 5.41) is 2.66. The van der Waals surface area contributed by atoms with Crippen LogP contribution >= 0.6 is 24.8 Å². The predicted octanol–water partition coefficient (Wildman–Crippen LogP) is 1.03. The van der Waals surface area contributed by atoms with E-state index < -0.39 is 0 Å². The number of nitrogens with two attached hydrogens (primary N) is 1. The molecule has 3 N–H and O–H groups in total. The molecule has 0 radical (unpaired) electrons. The molecule has 1 saturated heterocycles. The number of nitrogens with zero attached hydrogens (tertiary/aromatic N) is 2. The molecule has 0 aliphatic carbocycles. The molecule has 136 valence electrons. The first-order valence-corrected chi connectivity index (χ1v) is 7.75. The molecular weight excluding hydrogens is 351 g/mol. The van der Waals surface area contributed by atoms with Crippen LogP contribution in [0.3, 0.4) is 0 Å². The summed E-state index contributed by atoms with van der Waals surface area (Å²) >= 11 is 0. The van der Waals surface area contributed by atoms with Crippen molar-refractivity contribution in [2.75, 3.05) is 44.2 Å². The fourth-order valence-electron chi connectivity index (χ4n) is 2.49. The Balaban J connectivity index is 0.00000264. The molecule has 1 aliphatic rings. The monoisotopic (exact) mass is 376 g/mol. The second-order valence-corrected chi connectivity index (χ2v) is 5.37. The molecule has 0 atom stereocenters. The Bertz CT molecular complexity index is 494. The van der Waals surface area contributed by atoms with Gasteiger partial charge in [0.25, 0.3) is 0 Å². The molecule has 2 amide bonds. The molecule has 1 heterocycles. The number of benzene rings is 1. The first-order chi connectivity index (χ1) is 10.7. The lowest BCUT2D eigenvalue weighted by atomic mass is 10.2. The molecule has 0 saturated carbocycles. The fraction of sp³-hybridized carbons (Fsp3) is 0.500. The van der Waals surface area contributed by atoms with Crippen molar-refractivity contribution < 1.29 is 9.59 Å². The normalized spacial score (nSPS) is 13.5.